The van der Waals surface area contributed by atoms with Crippen molar-refractivity contribution in [1.29, 1.82) is 0 Å². The van der Waals surface area contributed by atoms with Crippen molar-refractivity contribution >= 4 is 16.9 Å². The topological polar surface area (TPSA) is 48.1 Å². The second-order valence-corrected chi connectivity index (χ2v) is 6.00. The number of aromatic nitrogens is 1. The molecule has 2 aliphatic rings. The van der Waals surface area contributed by atoms with Crippen molar-refractivity contribution in [3.8, 4) is 0 Å². The van der Waals surface area contributed by atoms with Gasteiger partial charge in [-0.05, 0) is 37.3 Å². The highest BCUT2D eigenvalue weighted by Gasteiger charge is 2.51. The van der Waals surface area contributed by atoms with Gasteiger partial charge in [0.1, 0.15) is 0 Å². The predicted molar refractivity (Wildman–Crippen MR) is 78.4 cm³/mol. The van der Waals surface area contributed by atoms with Crippen LogP contribution < -0.4 is 5.32 Å². The monoisotopic (exact) mass is 269 g/mol. The Morgan fingerprint density at radius 2 is 2.15 bits per heavy atom. The molecule has 1 spiro atoms. The van der Waals surface area contributed by atoms with E-state index in [2.05, 4.69) is 22.4 Å². The maximum atomic E-state index is 12.3. The lowest BCUT2D eigenvalue weighted by Gasteiger charge is -2.58. The van der Waals surface area contributed by atoms with E-state index >= 15 is 0 Å². The third kappa shape index (κ3) is 1.64. The molecule has 20 heavy (non-hydrogen) atoms. The lowest BCUT2D eigenvalue weighted by molar-refractivity contribution is -0.0364. The second-order valence-electron chi connectivity index (χ2n) is 6.00. The Balaban J connectivity index is 1.44. The average Bonchev–Trinajstić information content (AvgIpc) is 2.76. The number of para-hydroxylation sites is 1. The van der Waals surface area contributed by atoms with E-state index < -0.39 is 0 Å². The first kappa shape index (κ1) is 11.8. The number of nitrogens with zero attached hydrogens (tertiary/aromatic N) is 1. The summed E-state index contributed by atoms with van der Waals surface area (Å²) in [4.78, 5) is 17.5. The summed E-state index contributed by atoms with van der Waals surface area (Å²) in [5, 5.41) is 4.26. The average molecular weight is 269 g/mol. The molecule has 1 aliphatic carbocycles. The van der Waals surface area contributed by atoms with Crippen LogP contribution in [0.3, 0.4) is 0 Å². The Bertz CT molecular complexity index is 651. The molecule has 4 nitrogen and oxygen atoms in total. The molecule has 2 heterocycles. The van der Waals surface area contributed by atoms with Gasteiger partial charge in [-0.15, -0.1) is 0 Å². The van der Waals surface area contributed by atoms with Gasteiger partial charge in [-0.25, -0.2) is 4.79 Å². The number of amides is 2. The molecule has 2 fully saturated rings. The number of carbonyl (C=O) groups excluding carboxylic acids is 1. The number of urea groups is 1. The largest absolute Gasteiger partial charge is 0.361 e. The Morgan fingerprint density at radius 1 is 1.30 bits per heavy atom. The molecule has 2 N–H and O–H groups in total. The highest BCUT2D eigenvalue weighted by molar-refractivity contribution is 5.84. The summed E-state index contributed by atoms with van der Waals surface area (Å²) in [7, 11) is 0. The smallest absolute Gasteiger partial charge is 0.318 e. The molecule has 1 saturated carbocycles. The Morgan fingerprint density at radius 3 is 2.85 bits per heavy atom. The molecule has 2 aromatic rings. The van der Waals surface area contributed by atoms with Crippen molar-refractivity contribution in [3.05, 3.63) is 36.0 Å². The van der Waals surface area contributed by atoms with Gasteiger partial charge in [0.2, 0.25) is 0 Å². The van der Waals surface area contributed by atoms with Crippen LogP contribution >= 0.6 is 0 Å². The number of aromatic amines is 1. The van der Waals surface area contributed by atoms with Gasteiger partial charge in [0.25, 0.3) is 0 Å². The van der Waals surface area contributed by atoms with E-state index in [1.54, 1.807) is 0 Å². The fraction of sp³-hybridized carbons (Fsp3) is 0.438. The van der Waals surface area contributed by atoms with Gasteiger partial charge in [-0.2, -0.15) is 0 Å². The van der Waals surface area contributed by atoms with E-state index in [0.717, 1.165) is 17.6 Å². The highest BCUT2D eigenvalue weighted by atomic mass is 16.2. The standard InChI is InChI=1S/C16H19N3O/c20-15(19-9-8-16(19)6-3-7-16)18-11-12-10-17-14-5-2-1-4-13(12)14/h1-2,4-5,10,17H,3,6-9,11H2,(H,18,20). The third-order valence-corrected chi connectivity index (χ3v) is 5.01. The first-order valence-electron chi connectivity index (χ1n) is 7.39. The van der Waals surface area contributed by atoms with Crippen LogP contribution in [0.25, 0.3) is 10.9 Å². The normalized spacial score (nSPS) is 19.7. The summed E-state index contributed by atoms with van der Waals surface area (Å²) in [5.41, 5.74) is 2.50. The number of hydrogen-bond donors (Lipinski definition) is 2. The van der Waals surface area contributed by atoms with Crippen LogP contribution in [-0.4, -0.2) is 28.0 Å². The Hall–Kier alpha value is -1.97. The van der Waals surface area contributed by atoms with Gasteiger partial charge < -0.3 is 15.2 Å². The van der Waals surface area contributed by atoms with Gasteiger partial charge in [-0.3, -0.25) is 0 Å². The van der Waals surface area contributed by atoms with E-state index in [1.165, 1.54) is 31.1 Å². The molecule has 2 amide bonds. The first-order valence-corrected chi connectivity index (χ1v) is 7.39. The third-order valence-electron chi connectivity index (χ3n) is 5.01. The lowest BCUT2D eigenvalue weighted by atomic mass is 9.68. The summed E-state index contributed by atoms with van der Waals surface area (Å²) < 4.78 is 0. The van der Waals surface area contributed by atoms with Crippen molar-refractivity contribution in [2.75, 3.05) is 6.54 Å². The molecule has 4 rings (SSSR count). The molecule has 104 valence electrons. The maximum absolute atomic E-state index is 12.3. The van der Waals surface area contributed by atoms with E-state index in [1.807, 2.05) is 23.2 Å². The zero-order valence-corrected chi connectivity index (χ0v) is 11.5. The predicted octanol–water partition coefficient (Wildman–Crippen LogP) is 3.01. The minimum absolute atomic E-state index is 0.0984. The maximum Gasteiger partial charge on any atom is 0.318 e. The van der Waals surface area contributed by atoms with E-state index in [-0.39, 0.29) is 11.6 Å². The number of carbonyl (C=O) groups is 1. The zero-order chi connectivity index (χ0) is 13.6. The van der Waals surface area contributed by atoms with Crippen molar-refractivity contribution in [2.45, 2.75) is 37.8 Å². The number of H-pyrrole nitrogens is 1. The van der Waals surface area contributed by atoms with Gasteiger partial charge in [0, 0.05) is 35.7 Å². The molecule has 1 saturated heterocycles. The molecule has 0 bridgehead atoms. The number of benzene rings is 1. The molecule has 0 unspecified atom stereocenters. The number of nitrogens with one attached hydrogen (secondary N) is 2. The summed E-state index contributed by atoms with van der Waals surface area (Å²) in [6, 6.07) is 8.28. The highest BCUT2D eigenvalue weighted by Crippen LogP contribution is 2.46. The Kier molecular flexibility index (Phi) is 2.52. The van der Waals surface area contributed by atoms with Crippen LogP contribution in [0.15, 0.2) is 30.5 Å². The van der Waals surface area contributed by atoms with Crippen LogP contribution in [0.5, 0.6) is 0 Å². The molecule has 1 aromatic carbocycles. The second kappa shape index (κ2) is 4.27. The molecule has 0 atom stereocenters. The summed E-state index contributed by atoms with van der Waals surface area (Å²) in [6.45, 7) is 1.51. The Labute approximate surface area is 118 Å². The van der Waals surface area contributed by atoms with Crippen molar-refractivity contribution in [1.82, 2.24) is 15.2 Å². The summed E-state index contributed by atoms with van der Waals surface area (Å²) in [5.74, 6) is 0. The van der Waals surface area contributed by atoms with E-state index in [0.29, 0.717) is 6.54 Å². The molecular weight excluding hydrogens is 250 g/mol. The van der Waals surface area contributed by atoms with Crippen LogP contribution in [0.4, 0.5) is 4.79 Å². The SMILES string of the molecule is O=C(NCc1c[nH]c2ccccc12)N1CCC12CCC2. The van der Waals surface area contributed by atoms with Crippen LogP contribution in [0, 0.1) is 0 Å². The van der Waals surface area contributed by atoms with E-state index in [4.69, 9.17) is 0 Å². The van der Waals surface area contributed by atoms with Crippen molar-refractivity contribution in [3.63, 3.8) is 0 Å². The van der Waals surface area contributed by atoms with E-state index in [9.17, 15) is 4.79 Å². The van der Waals surface area contributed by atoms with Crippen molar-refractivity contribution < 1.29 is 4.79 Å². The molecule has 1 aliphatic heterocycles. The van der Waals surface area contributed by atoms with Gasteiger partial charge in [0.05, 0.1) is 0 Å². The van der Waals surface area contributed by atoms with Gasteiger partial charge in [-0.1, -0.05) is 18.2 Å². The van der Waals surface area contributed by atoms with Crippen LogP contribution in [-0.2, 0) is 6.54 Å². The summed E-state index contributed by atoms with van der Waals surface area (Å²) in [6.07, 6.45) is 6.82. The quantitative estimate of drug-likeness (QED) is 0.865. The number of rotatable bonds is 2. The fourth-order valence-corrected chi connectivity index (χ4v) is 3.51. The van der Waals surface area contributed by atoms with Crippen LogP contribution in [0.1, 0.15) is 31.2 Å². The first-order chi connectivity index (χ1) is 9.78. The fourth-order valence-electron chi connectivity index (χ4n) is 3.51. The lowest BCUT2D eigenvalue weighted by Crippen LogP contribution is -2.67. The molecule has 4 heteroatoms. The van der Waals surface area contributed by atoms with Gasteiger partial charge in [0.15, 0.2) is 0 Å². The molecule has 0 radical (unpaired) electrons. The van der Waals surface area contributed by atoms with Gasteiger partial charge >= 0.3 is 6.03 Å². The minimum Gasteiger partial charge on any atom is -0.361 e. The minimum atomic E-state index is 0.0984. The van der Waals surface area contributed by atoms with Crippen LogP contribution in [0.2, 0.25) is 0 Å². The molecule has 1 aromatic heterocycles. The molecular formula is C16H19N3O. The number of fused-ring (bicyclic) bond motifs is 1. The zero-order valence-electron chi connectivity index (χ0n) is 11.5. The van der Waals surface area contributed by atoms with Crippen molar-refractivity contribution in [2.24, 2.45) is 0 Å². The summed E-state index contributed by atoms with van der Waals surface area (Å²) >= 11 is 0. The number of likely N-dealkylation sites (tertiary alicyclic amines) is 1. The number of hydrogen-bond acceptors (Lipinski definition) is 1.